The Labute approximate surface area is 163 Å². The number of carboxylic acids is 1. The maximum absolute atomic E-state index is 12.4. The third kappa shape index (κ3) is 2.95. The van der Waals surface area contributed by atoms with E-state index in [0.29, 0.717) is 38.3 Å². The van der Waals surface area contributed by atoms with Crippen molar-refractivity contribution < 1.29 is 14.7 Å². The van der Waals surface area contributed by atoms with Crippen molar-refractivity contribution in [2.24, 2.45) is 0 Å². The summed E-state index contributed by atoms with van der Waals surface area (Å²) in [6.45, 7) is 0.210. The lowest BCUT2D eigenvalue weighted by molar-refractivity contribution is -0.116. The molecule has 0 radical (unpaired) electrons. The number of rotatable bonds is 3. The van der Waals surface area contributed by atoms with Gasteiger partial charge in [-0.1, -0.05) is 29.3 Å². The van der Waals surface area contributed by atoms with Crippen LogP contribution in [-0.2, 0) is 4.79 Å². The number of H-pyrrole nitrogens is 1. The number of aromatic carboxylic acids is 1. The predicted octanol–water partition coefficient (Wildman–Crippen LogP) is 3.00. The Morgan fingerprint density at radius 1 is 1.22 bits per heavy atom. The van der Waals surface area contributed by atoms with Crippen LogP contribution in [0.15, 0.2) is 42.1 Å². The highest BCUT2D eigenvalue weighted by Gasteiger charge is 2.30. The second-order valence-electron chi connectivity index (χ2n) is 5.87. The second-order valence-corrected chi connectivity index (χ2v) is 6.71. The highest BCUT2D eigenvalue weighted by molar-refractivity contribution is 6.39. The number of nitrogens with one attached hydrogen (secondary N) is 3. The lowest BCUT2D eigenvalue weighted by atomic mass is 9.93. The minimum atomic E-state index is -1.19. The van der Waals surface area contributed by atoms with Gasteiger partial charge in [-0.15, -0.1) is 0 Å². The molecular weight excluding hydrogens is 391 g/mol. The van der Waals surface area contributed by atoms with Gasteiger partial charge in [-0.05, 0) is 24.3 Å². The number of hydrazine groups is 1. The molecule has 1 aromatic carbocycles. The number of fused-ring (bicyclic) bond motifs is 1. The quantitative estimate of drug-likeness (QED) is 0.503. The molecule has 0 atom stereocenters. The molecule has 1 aliphatic heterocycles. The van der Waals surface area contributed by atoms with Crippen LogP contribution in [-0.4, -0.2) is 33.5 Å². The normalized spacial score (nSPS) is 15.9. The number of nitrogens with zero attached hydrogens (tertiary/aromatic N) is 1. The Balaban J connectivity index is 2.16. The summed E-state index contributed by atoms with van der Waals surface area (Å²) in [4.78, 5) is 31.5. The summed E-state index contributed by atoms with van der Waals surface area (Å²) in [7, 11) is 0. The number of hydrogen-bond donors (Lipinski definition) is 4. The van der Waals surface area contributed by atoms with E-state index in [2.05, 4.69) is 20.8 Å². The van der Waals surface area contributed by atoms with Crippen molar-refractivity contribution in [3.63, 3.8) is 0 Å². The molecule has 9 heteroatoms. The molecule has 1 aliphatic rings. The first kappa shape index (κ1) is 17.5. The smallest absolute Gasteiger partial charge is 0.352 e. The van der Waals surface area contributed by atoms with Crippen LogP contribution in [0.4, 0.5) is 0 Å². The summed E-state index contributed by atoms with van der Waals surface area (Å²) in [5, 5.41) is 10.9. The first-order chi connectivity index (χ1) is 13.0. The maximum atomic E-state index is 12.4. The molecule has 1 amide bonds. The molecule has 136 valence electrons. The predicted molar refractivity (Wildman–Crippen MR) is 102 cm³/mol. The van der Waals surface area contributed by atoms with Gasteiger partial charge in [0, 0.05) is 45.4 Å². The topological polar surface area (TPSA) is 107 Å². The molecule has 3 heterocycles. The number of halogens is 2. The van der Waals surface area contributed by atoms with Gasteiger partial charge in [0.2, 0.25) is 0 Å². The molecule has 0 unspecified atom stereocenters. The van der Waals surface area contributed by atoms with E-state index in [-0.39, 0.29) is 23.2 Å². The number of aromatic nitrogens is 2. The van der Waals surface area contributed by atoms with Crippen molar-refractivity contribution in [2.75, 3.05) is 6.54 Å². The third-order valence-electron chi connectivity index (χ3n) is 4.24. The third-order valence-corrected chi connectivity index (χ3v) is 4.76. The Morgan fingerprint density at radius 2 is 2.04 bits per heavy atom. The van der Waals surface area contributed by atoms with Gasteiger partial charge in [0.25, 0.3) is 5.91 Å². The second kappa shape index (κ2) is 6.70. The first-order valence-corrected chi connectivity index (χ1v) is 8.65. The van der Waals surface area contributed by atoms with Gasteiger partial charge >= 0.3 is 5.97 Å². The Kier molecular flexibility index (Phi) is 4.35. The molecule has 1 fully saturated rings. The van der Waals surface area contributed by atoms with Gasteiger partial charge in [0.15, 0.2) is 0 Å². The molecule has 0 spiro atoms. The molecule has 4 N–H and O–H groups in total. The summed E-state index contributed by atoms with van der Waals surface area (Å²) < 4.78 is 0. The fourth-order valence-electron chi connectivity index (χ4n) is 3.17. The van der Waals surface area contributed by atoms with Crippen molar-refractivity contribution in [3.05, 3.63) is 69.1 Å². The minimum Gasteiger partial charge on any atom is -0.477 e. The summed E-state index contributed by atoms with van der Waals surface area (Å²) in [6.07, 6.45) is 1.57. The molecule has 3 aromatic rings. The standard InChI is InChI=1S/C18H12Cl2N4O3/c19-8-5-10(20)14-12(6-8)23-16(18(26)27)15(14)13(9-7-22-24-17(9)25)11-3-1-2-4-21-11/h1-6,22-23H,7H2,(H,24,25)(H,26,27). The SMILES string of the molecule is O=C1NNCC1=C(c1ccccn1)c1c(C(=O)O)[nH]c2cc(Cl)cc(Cl)c12. The van der Waals surface area contributed by atoms with Crippen LogP contribution in [0.1, 0.15) is 21.7 Å². The van der Waals surface area contributed by atoms with Crippen LogP contribution in [0.3, 0.4) is 0 Å². The van der Waals surface area contributed by atoms with Gasteiger partial charge in [0.1, 0.15) is 5.69 Å². The average Bonchev–Trinajstić information content (AvgIpc) is 3.21. The van der Waals surface area contributed by atoms with Gasteiger partial charge in [-0.25, -0.2) is 10.2 Å². The largest absolute Gasteiger partial charge is 0.477 e. The summed E-state index contributed by atoms with van der Waals surface area (Å²) >= 11 is 12.5. The average molecular weight is 403 g/mol. The molecule has 2 aromatic heterocycles. The van der Waals surface area contributed by atoms with Crippen molar-refractivity contribution in [2.45, 2.75) is 0 Å². The van der Waals surface area contributed by atoms with Gasteiger partial charge in [-0.2, -0.15) is 0 Å². The minimum absolute atomic E-state index is 0.0954. The fraction of sp³-hybridized carbons (Fsp3) is 0.0556. The van der Waals surface area contributed by atoms with Crippen LogP contribution in [0.2, 0.25) is 10.0 Å². The molecule has 7 nitrogen and oxygen atoms in total. The number of benzene rings is 1. The molecule has 0 saturated carbocycles. The number of aromatic amines is 1. The monoisotopic (exact) mass is 402 g/mol. The van der Waals surface area contributed by atoms with Crippen LogP contribution in [0.5, 0.6) is 0 Å². The van der Waals surface area contributed by atoms with Crippen molar-refractivity contribution in [1.82, 2.24) is 20.8 Å². The van der Waals surface area contributed by atoms with Crippen LogP contribution < -0.4 is 10.9 Å². The maximum Gasteiger partial charge on any atom is 0.352 e. The van der Waals surface area contributed by atoms with E-state index in [1.54, 1.807) is 30.5 Å². The molecule has 4 rings (SSSR count). The zero-order valence-electron chi connectivity index (χ0n) is 13.6. The van der Waals surface area contributed by atoms with Gasteiger partial charge in [0.05, 0.1) is 10.7 Å². The van der Waals surface area contributed by atoms with E-state index in [0.717, 1.165) is 0 Å². The fourth-order valence-corrected chi connectivity index (χ4v) is 3.76. The van der Waals surface area contributed by atoms with Crippen molar-refractivity contribution in [1.29, 1.82) is 0 Å². The van der Waals surface area contributed by atoms with Crippen molar-refractivity contribution in [3.8, 4) is 0 Å². The van der Waals surface area contributed by atoms with E-state index < -0.39 is 5.97 Å². The highest BCUT2D eigenvalue weighted by Crippen LogP contribution is 2.39. The highest BCUT2D eigenvalue weighted by atomic mass is 35.5. The van der Waals surface area contributed by atoms with E-state index in [1.807, 2.05) is 0 Å². The zero-order chi connectivity index (χ0) is 19.1. The van der Waals surface area contributed by atoms with E-state index in [1.165, 1.54) is 6.07 Å². The Morgan fingerprint density at radius 3 is 2.67 bits per heavy atom. The van der Waals surface area contributed by atoms with E-state index in [4.69, 9.17) is 23.2 Å². The van der Waals surface area contributed by atoms with Crippen molar-refractivity contribution >= 4 is 51.6 Å². The lowest BCUT2D eigenvalue weighted by Gasteiger charge is -2.11. The van der Waals surface area contributed by atoms with Crippen LogP contribution in [0, 0.1) is 0 Å². The first-order valence-electron chi connectivity index (χ1n) is 7.89. The van der Waals surface area contributed by atoms with Gasteiger partial charge in [-0.3, -0.25) is 15.2 Å². The van der Waals surface area contributed by atoms with E-state index in [9.17, 15) is 14.7 Å². The van der Waals surface area contributed by atoms with Gasteiger partial charge < -0.3 is 10.1 Å². The molecule has 1 saturated heterocycles. The number of hydrogen-bond acceptors (Lipinski definition) is 4. The molecule has 0 bridgehead atoms. The number of carbonyl (C=O) groups is 2. The van der Waals surface area contributed by atoms with E-state index >= 15 is 0 Å². The molecule has 27 heavy (non-hydrogen) atoms. The summed E-state index contributed by atoms with van der Waals surface area (Å²) in [5.41, 5.74) is 7.15. The van der Waals surface area contributed by atoms with Crippen LogP contribution in [0.25, 0.3) is 16.5 Å². The Hall–Kier alpha value is -2.87. The van der Waals surface area contributed by atoms with Crippen LogP contribution >= 0.6 is 23.2 Å². The number of carbonyl (C=O) groups excluding carboxylic acids is 1. The number of pyridine rings is 1. The summed E-state index contributed by atoms with van der Waals surface area (Å²) in [5.74, 6) is -1.54. The number of carboxylic acid groups (broad SMARTS) is 1. The lowest BCUT2D eigenvalue weighted by Crippen LogP contribution is -2.25. The molecular formula is C18H12Cl2N4O3. The Bertz CT molecular complexity index is 1120. The summed E-state index contributed by atoms with van der Waals surface area (Å²) in [6, 6.07) is 8.33. The number of amides is 1. The molecule has 0 aliphatic carbocycles. The zero-order valence-corrected chi connectivity index (χ0v) is 15.1.